The van der Waals surface area contributed by atoms with Crippen molar-refractivity contribution in [2.45, 2.75) is 62.2 Å². The first-order chi connectivity index (χ1) is 19.5. The highest BCUT2D eigenvalue weighted by Crippen LogP contribution is 2.48. The number of carbonyl (C=O) groups is 2. The summed E-state index contributed by atoms with van der Waals surface area (Å²) in [4.78, 5) is 28.2. The number of nitrogens with one attached hydrogen (secondary N) is 2. The zero-order chi connectivity index (χ0) is 27.7. The molecule has 1 saturated carbocycles. The van der Waals surface area contributed by atoms with Crippen LogP contribution in [0.1, 0.15) is 31.2 Å². The number of hydrogen-bond acceptors (Lipinski definition) is 6. The summed E-state index contributed by atoms with van der Waals surface area (Å²) in [5, 5.41) is 18.0. The fourth-order valence-electron chi connectivity index (χ4n) is 6.26. The molecule has 2 fully saturated rings. The van der Waals surface area contributed by atoms with Gasteiger partial charge in [0.2, 0.25) is 5.91 Å². The number of amides is 2. The molecule has 2 amide bonds. The van der Waals surface area contributed by atoms with Crippen LogP contribution in [0.4, 0.5) is 5.69 Å². The molecule has 1 aliphatic carbocycles. The summed E-state index contributed by atoms with van der Waals surface area (Å²) >= 11 is 0. The zero-order valence-electron chi connectivity index (χ0n) is 22.8. The normalized spacial score (nSPS) is 25.6. The Hall–Kier alpha value is -3.46. The fraction of sp³-hybridized carbons (Fsp3) is 0.438. The first-order valence-corrected chi connectivity index (χ1v) is 14.3. The van der Waals surface area contributed by atoms with E-state index in [1.807, 2.05) is 65.6 Å². The van der Waals surface area contributed by atoms with Crippen LogP contribution in [0.15, 0.2) is 84.0 Å². The lowest BCUT2D eigenvalue weighted by atomic mass is 9.78. The van der Waals surface area contributed by atoms with E-state index in [2.05, 4.69) is 22.8 Å². The molecule has 40 heavy (non-hydrogen) atoms. The molecule has 2 bridgehead atoms. The van der Waals surface area contributed by atoms with Gasteiger partial charge in [0.15, 0.2) is 6.29 Å². The van der Waals surface area contributed by atoms with Crippen LogP contribution in [0.25, 0.3) is 0 Å². The van der Waals surface area contributed by atoms with Crippen molar-refractivity contribution in [1.29, 1.82) is 0 Å². The van der Waals surface area contributed by atoms with E-state index in [-0.39, 0.29) is 29.8 Å². The van der Waals surface area contributed by atoms with Crippen LogP contribution in [0.5, 0.6) is 0 Å². The lowest BCUT2D eigenvalue weighted by Crippen LogP contribution is -2.51. The number of ether oxygens (including phenoxy) is 2. The van der Waals surface area contributed by atoms with Gasteiger partial charge in [0.25, 0.3) is 5.91 Å². The van der Waals surface area contributed by atoms with E-state index in [1.54, 1.807) is 0 Å². The quantitative estimate of drug-likeness (QED) is 0.315. The number of piperidine rings is 1. The average Bonchev–Trinajstić information content (AvgIpc) is 3.67. The minimum Gasteiger partial charge on any atom is -0.378 e. The molecule has 3 heterocycles. The number of rotatable bonds is 10. The standard InChI is InChI=1S/C32H37N3O5/c1-39-31(38)28-27(29(36)34-24-15-18-35(19-16-24)30(37)22-12-13-22)25-14-17-32(28,40-25)26(20-21-8-4-2-5-9-21)33-23-10-6-3-7-11-23/h2-11,14,17,22,24-26,31,33,38H,12-13,15-16,18-20H2,1H3,(H,34,36). The maximum Gasteiger partial charge on any atom is 0.250 e. The monoisotopic (exact) mass is 543 g/mol. The Morgan fingerprint density at radius 2 is 1.73 bits per heavy atom. The molecule has 4 unspecified atom stereocenters. The maximum atomic E-state index is 13.8. The summed E-state index contributed by atoms with van der Waals surface area (Å²) in [5.41, 5.74) is 1.77. The molecule has 8 nitrogen and oxygen atoms in total. The van der Waals surface area contributed by atoms with Crippen molar-refractivity contribution in [3.05, 3.63) is 89.5 Å². The van der Waals surface area contributed by atoms with E-state index in [9.17, 15) is 14.7 Å². The third-order valence-corrected chi connectivity index (χ3v) is 8.53. The number of nitrogens with zero attached hydrogens (tertiary/aromatic N) is 1. The van der Waals surface area contributed by atoms with Crippen LogP contribution in [0.3, 0.4) is 0 Å². The Morgan fingerprint density at radius 3 is 2.38 bits per heavy atom. The van der Waals surface area contributed by atoms with Gasteiger partial charge in [-0.25, -0.2) is 0 Å². The molecule has 2 aromatic rings. The second-order valence-electron chi connectivity index (χ2n) is 11.2. The maximum absolute atomic E-state index is 13.8. The average molecular weight is 544 g/mol. The highest BCUT2D eigenvalue weighted by atomic mass is 16.6. The van der Waals surface area contributed by atoms with Crippen molar-refractivity contribution in [2.24, 2.45) is 5.92 Å². The van der Waals surface area contributed by atoms with Crippen LogP contribution >= 0.6 is 0 Å². The van der Waals surface area contributed by atoms with Gasteiger partial charge in [0, 0.05) is 43.4 Å². The number of carbonyl (C=O) groups excluding carboxylic acids is 2. The Bertz CT molecular complexity index is 1240. The third kappa shape index (κ3) is 5.19. The van der Waals surface area contributed by atoms with Gasteiger partial charge in [-0.2, -0.15) is 0 Å². The highest BCUT2D eigenvalue weighted by molar-refractivity contribution is 5.98. The molecule has 1 saturated heterocycles. The Kier molecular flexibility index (Phi) is 7.49. The van der Waals surface area contributed by atoms with E-state index in [0.717, 1.165) is 24.1 Å². The lowest BCUT2D eigenvalue weighted by Gasteiger charge is -2.38. The third-order valence-electron chi connectivity index (χ3n) is 8.53. The molecular weight excluding hydrogens is 506 g/mol. The molecule has 0 aromatic heterocycles. The summed E-state index contributed by atoms with van der Waals surface area (Å²) < 4.78 is 12.0. The van der Waals surface area contributed by atoms with Gasteiger partial charge in [0.05, 0.1) is 11.6 Å². The molecule has 3 aliphatic heterocycles. The van der Waals surface area contributed by atoms with Crippen LogP contribution in [0.2, 0.25) is 0 Å². The van der Waals surface area contributed by atoms with E-state index < -0.39 is 18.0 Å². The highest BCUT2D eigenvalue weighted by Gasteiger charge is 2.57. The number of benzene rings is 2. The minimum absolute atomic E-state index is 0.0502. The van der Waals surface area contributed by atoms with Gasteiger partial charge in [-0.3, -0.25) is 9.59 Å². The van der Waals surface area contributed by atoms with Gasteiger partial charge in [0.1, 0.15) is 11.7 Å². The van der Waals surface area contributed by atoms with Crippen molar-refractivity contribution in [3.8, 4) is 0 Å². The summed E-state index contributed by atoms with van der Waals surface area (Å²) in [5.74, 6) is 0.200. The molecule has 4 aliphatic rings. The zero-order valence-corrected chi connectivity index (χ0v) is 22.8. The van der Waals surface area contributed by atoms with Gasteiger partial charge in [-0.15, -0.1) is 0 Å². The van der Waals surface area contributed by atoms with Crippen molar-refractivity contribution >= 4 is 17.5 Å². The second kappa shape index (κ2) is 11.2. The summed E-state index contributed by atoms with van der Waals surface area (Å²) in [6.07, 6.45) is 5.95. The summed E-state index contributed by atoms with van der Waals surface area (Å²) in [6.45, 7) is 1.30. The number of para-hydroxylation sites is 1. The SMILES string of the molecule is COC(O)C1=C(C(=O)NC2CCN(C(=O)C3CC3)CC2)C2C=CC1(C(Cc1ccccc1)Nc1ccccc1)O2. The Labute approximate surface area is 235 Å². The van der Waals surface area contributed by atoms with Crippen molar-refractivity contribution < 1.29 is 24.2 Å². The van der Waals surface area contributed by atoms with Gasteiger partial charge in [-0.1, -0.05) is 54.6 Å². The smallest absolute Gasteiger partial charge is 0.250 e. The molecule has 4 atom stereocenters. The predicted molar refractivity (Wildman–Crippen MR) is 151 cm³/mol. The predicted octanol–water partition coefficient (Wildman–Crippen LogP) is 3.20. The van der Waals surface area contributed by atoms with Crippen LogP contribution < -0.4 is 10.6 Å². The van der Waals surface area contributed by atoms with E-state index in [4.69, 9.17) is 9.47 Å². The number of methoxy groups -OCH3 is 1. The first-order valence-electron chi connectivity index (χ1n) is 14.3. The second-order valence-corrected chi connectivity index (χ2v) is 11.2. The summed E-state index contributed by atoms with van der Waals surface area (Å²) in [6, 6.07) is 19.6. The Balaban J connectivity index is 1.27. The number of aliphatic hydroxyl groups is 1. The lowest BCUT2D eigenvalue weighted by molar-refractivity contribution is -0.133. The van der Waals surface area contributed by atoms with Crippen LogP contribution in [-0.2, 0) is 25.5 Å². The molecular formula is C32H37N3O5. The largest absolute Gasteiger partial charge is 0.378 e. The fourth-order valence-corrected chi connectivity index (χ4v) is 6.26. The van der Waals surface area contributed by atoms with Gasteiger partial charge >= 0.3 is 0 Å². The number of anilines is 1. The number of hydrogen-bond donors (Lipinski definition) is 3. The Morgan fingerprint density at radius 1 is 1.05 bits per heavy atom. The molecule has 210 valence electrons. The van der Waals surface area contributed by atoms with E-state index in [1.165, 1.54) is 7.11 Å². The summed E-state index contributed by atoms with van der Waals surface area (Å²) in [7, 11) is 1.43. The van der Waals surface area contributed by atoms with E-state index in [0.29, 0.717) is 43.5 Å². The van der Waals surface area contributed by atoms with Gasteiger partial charge in [-0.05, 0) is 55.9 Å². The topological polar surface area (TPSA) is 100 Å². The van der Waals surface area contributed by atoms with Crippen LogP contribution in [-0.4, -0.2) is 72.1 Å². The van der Waals surface area contributed by atoms with Crippen molar-refractivity contribution in [1.82, 2.24) is 10.2 Å². The number of likely N-dealkylation sites (tertiary alicyclic amines) is 1. The number of fused-ring (bicyclic) bond motifs is 2. The molecule has 6 rings (SSSR count). The molecule has 8 heteroatoms. The van der Waals surface area contributed by atoms with E-state index >= 15 is 0 Å². The van der Waals surface area contributed by atoms with Crippen molar-refractivity contribution in [3.63, 3.8) is 0 Å². The van der Waals surface area contributed by atoms with Crippen LogP contribution in [0, 0.1) is 5.92 Å². The first kappa shape index (κ1) is 26.7. The van der Waals surface area contributed by atoms with Crippen molar-refractivity contribution in [2.75, 3.05) is 25.5 Å². The minimum atomic E-state index is -1.32. The van der Waals surface area contributed by atoms with Gasteiger partial charge < -0.3 is 30.1 Å². The number of aliphatic hydroxyl groups excluding tert-OH is 1. The molecule has 3 N–H and O–H groups in total. The molecule has 2 aromatic carbocycles. The molecule has 0 radical (unpaired) electrons. The molecule has 0 spiro atoms.